The lowest BCUT2D eigenvalue weighted by Crippen LogP contribution is -2.21. The molecule has 1 N–H and O–H groups in total. The first-order valence-corrected chi connectivity index (χ1v) is 5.95. The van der Waals surface area contributed by atoms with Crippen molar-refractivity contribution in [1.29, 1.82) is 0 Å². The molecule has 0 aliphatic heterocycles. The number of thiophene rings is 1. The zero-order chi connectivity index (χ0) is 11.4. The fourth-order valence-electron chi connectivity index (χ4n) is 1.40. The van der Waals surface area contributed by atoms with Crippen molar-refractivity contribution in [3.05, 3.63) is 29.6 Å². The van der Waals surface area contributed by atoms with E-state index in [1.165, 1.54) is 0 Å². The van der Waals surface area contributed by atoms with E-state index >= 15 is 0 Å². The monoisotopic (exact) mass is 238 g/mol. The van der Waals surface area contributed by atoms with Gasteiger partial charge in [-0.05, 0) is 18.5 Å². The van der Waals surface area contributed by atoms with Gasteiger partial charge in [0.05, 0.1) is 24.2 Å². The topological polar surface area (TPSA) is 49.5 Å². The molecular formula is C11H14N2O2S. The third-order valence-corrected chi connectivity index (χ3v) is 3.09. The van der Waals surface area contributed by atoms with E-state index in [2.05, 4.69) is 4.98 Å². The molecule has 0 radical (unpaired) electrons. The Hall–Kier alpha value is -1.17. The molecule has 0 bridgehead atoms. The quantitative estimate of drug-likeness (QED) is 0.863. The van der Waals surface area contributed by atoms with Crippen LogP contribution in [0.3, 0.4) is 0 Å². The summed E-state index contributed by atoms with van der Waals surface area (Å²) in [6, 6.07) is 3.99. The van der Waals surface area contributed by atoms with Gasteiger partial charge in [-0.15, -0.1) is 11.3 Å². The molecular weight excluding hydrogens is 224 g/mol. The smallest absolute Gasteiger partial charge is 0.209 e. The van der Waals surface area contributed by atoms with Gasteiger partial charge in [0.2, 0.25) is 5.89 Å². The van der Waals surface area contributed by atoms with Gasteiger partial charge in [-0.3, -0.25) is 4.90 Å². The third kappa shape index (κ3) is 2.69. The van der Waals surface area contributed by atoms with Crippen molar-refractivity contribution in [3.8, 4) is 10.6 Å². The van der Waals surface area contributed by atoms with Gasteiger partial charge in [-0.25, -0.2) is 4.98 Å². The van der Waals surface area contributed by atoms with Gasteiger partial charge in [-0.2, -0.15) is 0 Å². The minimum atomic E-state index is 0.148. The highest BCUT2D eigenvalue weighted by Gasteiger charge is 2.08. The van der Waals surface area contributed by atoms with Crippen LogP contribution in [-0.4, -0.2) is 35.2 Å². The average Bonchev–Trinajstić information content (AvgIpc) is 2.86. The number of hydrogen-bond acceptors (Lipinski definition) is 5. The number of oxazole rings is 1. The minimum Gasteiger partial charge on any atom is -0.438 e. The van der Waals surface area contributed by atoms with Gasteiger partial charge in [0.25, 0.3) is 0 Å². The predicted octanol–water partition coefficient (Wildman–Crippen LogP) is 1.83. The zero-order valence-corrected chi connectivity index (χ0v) is 9.91. The van der Waals surface area contributed by atoms with Gasteiger partial charge < -0.3 is 9.52 Å². The van der Waals surface area contributed by atoms with Crippen molar-refractivity contribution in [2.75, 3.05) is 20.2 Å². The van der Waals surface area contributed by atoms with Gasteiger partial charge in [0, 0.05) is 6.54 Å². The summed E-state index contributed by atoms with van der Waals surface area (Å²) in [5, 5.41) is 10.8. The highest BCUT2D eigenvalue weighted by atomic mass is 32.1. The maximum Gasteiger partial charge on any atom is 0.209 e. The van der Waals surface area contributed by atoms with Gasteiger partial charge in [-0.1, -0.05) is 6.07 Å². The van der Waals surface area contributed by atoms with Gasteiger partial charge in [0.1, 0.15) is 0 Å². The Bertz CT molecular complexity index is 425. The summed E-state index contributed by atoms with van der Waals surface area (Å²) in [4.78, 5) is 7.26. The Labute approximate surface area is 98.2 Å². The zero-order valence-electron chi connectivity index (χ0n) is 9.09. The fraction of sp³-hybridized carbons (Fsp3) is 0.364. The largest absolute Gasteiger partial charge is 0.438 e. The summed E-state index contributed by atoms with van der Waals surface area (Å²) < 4.78 is 5.62. The minimum absolute atomic E-state index is 0.148. The molecule has 0 aliphatic rings. The molecule has 4 nitrogen and oxygen atoms in total. The second-order valence-corrected chi connectivity index (χ2v) is 4.50. The predicted molar refractivity (Wildman–Crippen MR) is 63.2 cm³/mol. The Morgan fingerprint density at radius 3 is 3.12 bits per heavy atom. The molecule has 0 aliphatic carbocycles. The molecule has 2 rings (SSSR count). The van der Waals surface area contributed by atoms with Crippen molar-refractivity contribution >= 4 is 11.3 Å². The molecule has 2 aromatic heterocycles. The van der Waals surface area contributed by atoms with E-state index in [0.29, 0.717) is 19.0 Å². The number of aliphatic hydroxyl groups excluding tert-OH is 1. The number of likely N-dealkylation sites (N-methyl/N-ethyl adjacent to an activating group) is 1. The molecule has 0 atom stereocenters. The van der Waals surface area contributed by atoms with Crippen molar-refractivity contribution < 1.29 is 9.52 Å². The summed E-state index contributed by atoms with van der Waals surface area (Å²) in [5.41, 5.74) is 0. The average molecular weight is 238 g/mol. The standard InChI is InChI=1S/C11H14N2O2S/c1-13(4-5-14)8-11-12-7-9(15-11)10-3-2-6-16-10/h2-3,6-7,14H,4-5,8H2,1H3. The van der Waals surface area contributed by atoms with E-state index in [1.54, 1.807) is 17.5 Å². The Morgan fingerprint density at radius 1 is 1.56 bits per heavy atom. The number of nitrogens with zero attached hydrogens (tertiary/aromatic N) is 2. The molecule has 0 aromatic carbocycles. The first kappa shape index (κ1) is 11.3. The van der Waals surface area contributed by atoms with E-state index in [9.17, 15) is 0 Å². The summed E-state index contributed by atoms with van der Waals surface area (Å²) in [6.45, 7) is 1.39. The highest BCUT2D eigenvalue weighted by Crippen LogP contribution is 2.25. The van der Waals surface area contributed by atoms with E-state index in [0.717, 1.165) is 10.6 Å². The van der Waals surface area contributed by atoms with E-state index in [1.807, 2.05) is 29.5 Å². The van der Waals surface area contributed by atoms with Crippen molar-refractivity contribution in [3.63, 3.8) is 0 Å². The lowest BCUT2D eigenvalue weighted by Gasteiger charge is -2.11. The molecule has 0 saturated heterocycles. The summed E-state index contributed by atoms with van der Waals surface area (Å²) in [6.07, 6.45) is 1.74. The molecule has 0 unspecified atom stereocenters. The van der Waals surface area contributed by atoms with Gasteiger partial charge >= 0.3 is 0 Å². The first-order chi connectivity index (χ1) is 7.79. The second kappa shape index (κ2) is 5.25. The molecule has 86 valence electrons. The number of hydrogen-bond donors (Lipinski definition) is 1. The Kier molecular flexibility index (Phi) is 3.71. The molecule has 0 saturated carbocycles. The lowest BCUT2D eigenvalue weighted by atomic mass is 10.4. The Balaban J connectivity index is 2.03. The van der Waals surface area contributed by atoms with Crippen LogP contribution in [0, 0.1) is 0 Å². The van der Waals surface area contributed by atoms with Crippen LogP contribution in [0.1, 0.15) is 5.89 Å². The summed E-state index contributed by atoms with van der Waals surface area (Å²) in [7, 11) is 1.92. The number of aromatic nitrogens is 1. The molecule has 0 spiro atoms. The van der Waals surface area contributed by atoms with E-state index in [-0.39, 0.29) is 6.61 Å². The third-order valence-electron chi connectivity index (χ3n) is 2.20. The van der Waals surface area contributed by atoms with Crippen LogP contribution in [-0.2, 0) is 6.54 Å². The number of aliphatic hydroxyl groups is 1. The Morgan fingerprint density at radius 2 is 2.44 bits per heavy atom. The van der Waals surface area contributed by atoms with Gasteiger partial charge in [0.15, 0.2) is 5.76 Å². The maximum atomic E-state index is 8.78. The van der Waals surface area contributed by atoms with E-state index in [4.69, 9.17) is 9.52 Å². The first-order valence-electron chi connectivity index (χ1n) is 5.07. The van der Waals surface area contributed by atoms with Crippen LogP contribution in [0.2, 0.25) is 0 Å². The van der Waals surface area contributed by atoms with Crippen molar-refractivity contribution in [1.82, 2.24) is 9.88 Å². The van der Waals surface area contributed by atoms with Crippen LogP contribution < -0.4 is 0 Å². The normalized spacial score (nSPS) is 11.2. The fourth-order valence-corrected chi connectivity index (χ4v) is 2.07. The number of rotatable bonds is 5. The SMILES string of the molecule is CN(CCO)Cc1ncc(-c2cccs2)o1. The highest BCUT2D eigenvalue weighted by molar-refractivity contribution is 7.13. The van der Waals surface area contributed by atoms with Crippen LogP contribution in [0.5, 0.6) is 0 Å². The molecule has 0 amide bonds. The van der Waals surface area contributed by atoms with Crippen LogP contribution in [0.25, 0.3) is 10.6 Å². The summed E-state index contributed by atoms with van der Waals surface area (Å²) >= 11 is 1.63. The van der Waals surface area contributed by atoms with Crippen LogP contribution in [0.15, 0.2) is 28.1 Å². The van der Waals surface area contributed by atoms with Crippen molar-refractivity contribution in [2.45, 2.75) is 6.54 Å². The van der Waals surface area contributed by atoms with Crippen LogP contribution >= 0.6 is 11.3 Å². The second-order valence-electron chi connectivity index (χ2n) is 3.56. The lowest BCUT2D eigenvalue weighted by molar-refractivity contribution is 0.206. The van der Waals surface area contributed by atoms with Crippen LogP contribution in [0.4, 0.5) is 0 Å². The molecule has 0 fully saturated rings. The van der Waals surface area contributed by atoms with Crippen molar-refractivity contribution in [2.24, 2.45) is 0 Å². The van der Waals surface area contributed by atoms with E-state index < -0.39 is 0 Å². The molecule has 2 aromatic rings. The molecule has 2 heterocycles. The molecule has 5 heteroatoms. The maximum absolute atomic E-state index is 8.78. The summed E-state index contributed by atoms with van der Waals surface area (Å²) in [5.74, 6) is 1.49. The molecule has 16 heavy (non-hydrogen) atoms.